The largest absolute Gasteiger partial charge is 0.365 e. The maximum Gasteiger partial charge on any atom is 0.251 e. The van der Waals surface area contributed by atoms with Crippen LogP contribution in [-0.2, 0) is 9.53 Å². The van der Waals surface area contributed by atoms with Crippen LogP contribution in [0, 0.1) is 13.8 Å². The number of hydrogen-bond donors (Lipinski definition) is 1. The standard InChI is InChI=1S/C16H20N4O2S/c1-9-10(2)23-16-13(9)14(17-8-18-16)20-5-6-22-12(7-20)15(21)19-11-3-4-11/h8,11-12H,3-7H2,1-2H3,(H,19,21). The number of ether oxygens (including phenoxy) is 1. The number of amides is 1. The van der Waals surface area contributed by atoms with Gasteiger partial charge in [0.15, 0.2) is 6.10 Å². The number of carbonyl (C=O) groups is 1. The van der Waals surface area contributed by atoms with Crippen LogP contribution in [0.4, 0.5) is 5.82 Å². The normalized spacial score (nSPS) is 21.7. The number of aryl methyl sites for hydroxylation is 2. The van der Waals surface area contributed by atoms with Crippen molar-refractivity contribution in [3.05, 3.63) is 16.8 Å². The molecule has 1 amide bonds. The lowest BCUT2D eigenvalue weighted by Gasteiger charge is -2.33. The molecule has 0 bridgehead atoms. The second-order valence-corrected chi connectivity index (χ2v) is 7.45. The first-order valence-electron chi connectivity index (χ1n) is 8.01. The lowest BCUT2D eigenvalue weighted by atomic mass is 10.2. The van der Waals surface area contributed by atoms with Crippen LogP contribution in [0.3, 0.4) is 0 Å². The number of fused-ring (bicyclic) bond motifs is 1. The van der Waals surface area contributed by atoms with Crippen LogP contribution in [0.25, 0.3) is 10.2 Å². The first kappa shape index (κ1) is 14.8. The van der Waals surface area contributed by atoms with Crippen LogP contribution < -0.4 is 10.2 Å². The third kappa shape index (κ3) is 2.79. The predicted molar refractivity (Wildman–Crippen MR) is 90.0 cm³/mol. The molecule has 6 nitrogen and oxygen atoms in total. The van der Waals surface area contributed by atoms with Crippen LogP contribution in [-0.4, -0.2) is 47.7 Å². The van der Waals surface area contributed by atoms with E-state index in [0.717, 1.165) is 35.4 Å². The molecule has 1 atom stereocenters. The molecule has 2 aliphatic rings. The highest BCUT2D eigenvalue weighted by molar-refractivity contribution is 7.18. The number of hydrogen-bond acceptors (Lipinski definition) is 6. The van der Waals surface area contributed by atoms with Crippen molar-refractivity contribution in [2.24, 2.45) is 0 Å². The average Bonchev–Trinajstić information content (AvgIpc) is 3.33. The summed E-state index contributed by atoms with van der Waals surface area (Å²) in [6, 6.07) is 0.356. The maximum absolute atomic E-state index is 12.3. The molecule has 2 aromatic heterocycles. The van der Waals surface area contributed by atoms with Gasteiger partial charge in [-0.25, -0.2) is 9.97 Å². The van der Waals surface area contributed by atoms with Crippen molar-refractivity contribution < 1.29 is 9.53 Å². The number of nitrogens with one attached hydrogen (secondary N) is 1. The summed E-state index contributed by atoms with van der Waals surface area (Å²) in [5.41, 5.74) is 1.23. The van der Waals surface area contributed by atoms with E-state index >= 15 is 0 Å². The van der Waals surface area contributed by atoms with E-state index < -0.39 is 6.10 Å². The molecule has 1 aliphatic carbocycles. The van der Waals surface area contributed by atoms with Gasteiger partial charge in [0.2, 0.25) is 0 Å². The average molecular weight is 332 g/mol. The number of morpholine rings is 1. The van der Waals surface area contributed by atoms with Crippen molar-refractivity contribution in [1.29, 1.82) is 0 Å². The van der Waals surface area contributed by atoms with Crippen molar-refractivity contribution >= 4 is 33.3 Å². The van der Waals surface area contributed by atoms with Gasteiger partial charge in [-0.1, -0.05) is 0 Å². The minimum atomic E-state index is -0.422. The Kier molecular flexibility index (Phi) is 3.69. The fourth-order valence-corrected chi connectivity index (χ4v) is 3.92. The topological polar surface area (TPSA) is 67.3 Å². The Morgan fingerprint density at radius 3 is 3.00 bits per heavy atom. The first-order valence-corrected chi connectivity index (χ1v) is 8.83. The first-order chi connectivity index (χ1) is 11.1. The summed E-state index contributed by atoms with van der Waals surface area (Å²) < 4.78 is 5.67. The van der Waals surface area contributed by atoms with Crippen LogP contribution in [0.15, 0.2) is 6.33 Å². The van der Waals surface area contributed by atoms with Gasteiger partial charge >= 0.3 is 0 Å². The van der Waals surface area contributed by atoms with Gasteiger partial charge in [0.25, 0.3) is 5.91 Å². The summed E-state index contributed by atoms with van der Waals surface area (Å²) in [4.78, 5) is 25.6. The zero-order chi connectivity index (χ0) is 16.0. The third-order valence-corrected chi connectivity index (χ3v) is 5.64. The summed E-state index contributed by atoms with van der Waals surface area (Å²) >= 11 is 1.69. The number of thiophene rings is 1. The highest BCUT2D eigenvalue weighted by Crippen LogP contribution is 2.34. The Labute approximate surface area is 138 Å². The monoisotopic (exact) mass is 332 g/mol. The number of carbonyl (C=O) groups excluding carboxylic acids is 1. The third-order valence-electron chi connectivity index (χ3n) is 4.53. The van der Waals surface area contributed by atoms with E-state index in [9.17, 15) is 4.79 Å². The Morgan fingerprint density at radius 1 is 1.39 bits per heavy atom. The Bertz CT molecular complexity index is 756. The van der Waals surface area contributed by atoms with Crippen molar-refractivity contribution in [2.45, 2.75) is 38.8 Å². The van der Waals surface area contributed by atoms with Crippen molar-refractivity contribution in [2.75, 3.05) is 24.6 Å². The molecule has 1 aliphatic heterocycles. The van der Waals surface area contributed by atoms with E-state index in [1.54, 1.807) is 17.7 Å². The van der Waals surface area contributed by atoms with Crippen LogP contribution in [0.5, 0.6) is 0 Å². The van der Waals surface area contributed by atoms with E-state index in [0.29, 0.717) is 19.2 Å². The van der Waals surface area contributed by atoms with Gasteiger partial charge in [0.1, 0.15) is 17.0 Å². The Hall–Kier alpha value is -1.73. The van der Waals surface area contributed by atoms with Gasteiger partial charge in [-0.2, -0.15) is 0 Å². The van der Waals surface area contributed by atoms with E-state index in [1.165, 1.54) is 10.4 Å². The molecule has 122 valence electrons. The molecule has 0 aromatic carbocycles. The molecular formula is C16H20N4O2S. The summed E-state index contributed by atoms with van der Waals surface area (Å²) in [5.74, 6) is 0.921. The summed E-state index contributed by atoms with van der Waals surface area (Å²) in [7, 11) is 0. The quantitative estimate of drug-likeness (QED) is 0.928. The molecule has 2 fully saturated rings. The van der Waals surface area contributed by atoms with E-state index in [1.807, 2.05) is 0 Å². The minimum Gasteiger partial charge on any atom is -0.365 e. The summed E-state index contributed by atoms with van der Waals surface area (Å²) in [6.07, 6.45) is 3.36. The number of aromatic nitrogens is 2. The molecule has 1 unspecified atom stereocenters. The summed E-state index contributed by atoms with van der Waals surface area (Å²) in [5, 5.41) is 4.14. The van der Waals surface area contributed by atoms with Crippen LogP contribution >= 0.6 is 11.3 Å². The van der Waals surface area contributed by atoms with Gasteiger partial charge in [0, 0.05) is 17.5 Å². The maximum atomic E-state index is 12.3. The molecule has 2 aromatic rings. The molecule has 1 saturated carbocycles. The smallest absolute Gasteiger partial charge is 0.251 e. The second-order valence-electron chi connectivity index (χ2n) is 6.25. The lowest BCUT2D eigenvalue weighted by Crippen LogP contribution is -2.50. The zero-order valence-electron chi connectivity index (χ0n) is 13.3. The molecule has 0 spiro atoms. The van der Waals surface area contributed by atoms with E-state index in [-0.39, 0.29) is 5.91 Å². The van der Waals surface area contributed by atoms with Gasteiger partial charge in [-0.15, -0.1) is 11.3 Å². The SMILES string of the molecule is Cc1sc2ncnc(N3CCOC(C(=O)NC4CC4)C3)c2c1C. The molecule has 1 saturated heterocycles. The zero-order valence-corrected chi connectivity index (χ0v) is 14.2. The van der Waals surface area contributed by atoms with Gasteiger partial charge in [-0.05, 0) is 32.3 Å². The number of nitrogens with zero attached hydrogens (tertiary/aromatic N) is 3. The fraction of sp³-hybridized carbons (Fsp3) is 0.562. The van der Waals surface area contributed by atoms with E-state index in [4.69, 9.17) is 4.74 Å². The van der Waals surface area contributed by atoms with E-state index in [2.05, 4.69) is 34.0 Å². The van der Waals surface area contributed by atoms with Crippen molar-refractivity contribution in [1.82, 2.24) is 15.3 Å². The molecule has 23 heavy (non-hydrogen) atoms. The second kappa shape index (κ2) is 5.72. The molecular weight excluding hydrogens is 312 g/mol. The Morgan fingerprint density at radius 2 is 2.22 bits per heavy atom. The number of anilines is 1. The van der Waals surface area contributed by atoms with Crippen molar-refractivity contribution in [3.63, 3.8) is 0 Å². The van der Waals surface area contributed by atoms with Crippen LogP contribution in [0.1, 0.15) is 23.3 Å². The minimum absolute atomic E-state index is 0.000668. The molecule has 1 N–H and O–H groups in total. The fourth-order valence-electron chi connectivity index (χ4n) is 2.93. The Balaban J connectivity index is 1.61. The molecule has 4 rings (SSSR count). The molecule has 0 radical (unpaired) electrons. The van der Waals surface area contributed by atoms with Crippen LogP contribution in [0.2, 0.25) is 0 Å². The number of rotatable bonds is 3. The van der Waals surface area contributed by atoms with Crippen molar-refractivity contribution in [3.8, 4) is 0 Å². The lowest BCUT2D eigenvalue weighted by molar-refractivity contribution is -0.133. The summed E-state index contributed by atoms with van der Waals surface area (Å²) in [6.45, 7) is 6.04. The highest BCUT2D eigenvalue weighted by Gasteiger charge is 2.32. The van der Waals surface area contributed by atoms with Gasteiger partial charge in [-0.3, -0.25) is 4.79 Å². The van der Waals surface area contributed by atoms with Gasteiger partial charge in [0.05, 0.1) is 18.5 Å². The molecule has 3 heterocycles. The molecule has 7 heteroatoms. The highest BCUT2D eigenvalue weighted by atomic mass is 32.1. The van der Waals surface area contributed by atoms with Gasteiger partial charge < -0.3 is 15.0 Å². The predicted octanol–water partition coefficient (Wildman–Crippen LogP) is 1.79.